The molecule has 0 bridgehead atoms. The summed E-state index contributed by atoms with van der Waals surface area (Å²) in [6, 6.07) is 4.87. The highest BCUT2D eigenvalue weighted by Gasteiger charge is 2.38. The Morgan fingerprint density at radius 1 is 1.11 bits per heavy atom. The van der Waals surface area contributed by atoms with Gasteiger partial charge in [-0.1, -0.05) is 0 Å². The van der Waals surface area contributed by atoms with Crippen LogP contribution in [-0.2, 0) is 15.7 Å². The fourth-order valence-corrected chi connectivity index (χ4v) is 4.80. The van der Waals surface area contributed by atoms with Crippen molar-refractivity contribution >= 4 is 11.9 Å². The van der Waals surface area contributed by atoms with Crippen LogP contribution in [0.2, 0.25) is 0 Å². The molecule has 0 radical (unpaired) electrons. The van der Waals surface area contributed by atoms with E-state index in [9.17, 15) is 22.8 Å². The van der Waals surface area contributed by atoms with E-state index in [1.807, 2.05) is 0 Å². The zero-order valence-electron chi connectivity index (χ0n) is 18.9. The summed E-state index contributed by atoms with van der Waals surface area (Å²) in [6.07, 6.45) is -0.197. The van der Waals surface area contributed by atoms with Crippen molar-refractivity contribution in [3.8, 4) is 11.4 Å². The van der Waals surface area contributed by atoms with Crippen LogP contribution in [0, 0.1) is 0 Å². The van der Waals surface area contributed by atoms with E-state index in [0.717, 1.165) is 12.1 Å². The molecule has 3 fully saturated rings. The number of nitrogens with zero attached hydrogens (tertiary/aromatic N) is 4. The number of fused-ring (bicyclic) bond motifs is 1. The van der Waals surface area contributed by atoms with E-state index in [0.29, 0.717) is 45.4 Å². The Labute approximate surface area is 199 Å². The Balaban J connectivity index is 1.20. The van der Waals surface area contributed by atoms with Crippen LogP contribution < -0.4 is 10.1 Å². The van der Waals surface area contributed by atoms with E-state index in [4.69, 9.17) is 9.47 Å². The number of nitrogens with one attached hydrogen (secondary N) is 1. The predicted molar refractivity (Wildman–Crippen MR) is 117 cm³/mol. The SMILES string of the molecule is O=C1CO[C@H]2CCN(C(=O)N3CCC(Oc4cc(-n5cccn5)cc(C(F)(F)F)c4)CC3)C[C@H]2N1. The Bertz CT molecular complexity index is 1070. The molecule has 2 atom stereocenters. The number of ether oxygens (including phenoxy) is 2. The number of likely N-dealkylation sites (tertiary alicyclic amines) is 2. The van der Waals surface area contributed by atoms with E-state index in [1.165, 1.54) is 16.9 Å². The largest absolute Gasteiger partial charge is 0.490 e. The van der Waals surface area contributed by atoms with E-state index >= 15 is 0 Å². The molecule has 1 aromatic heterocycles. The fourth-order valence-electron chi connectivity index (χ4n) is 4.80. The molecule has 1 aromatic carbocycles. The van der Waals surface area contributed by atoms with Crippen LogP contribution in [0.15, 0.2) is 36.7 Å². The van der Waals surface area contributed by atoms with Crippen LogP contribution >= 0.6 is 0 Å². The summed E-state index contributed by atoms with van der Waals surface area (Å²) in [6.45, 7) is 1.86. The second-order valence-corrected chi connectivity index (χ2v) is 9.01. The topological polar surface area (TPSA) is 88.9 Å². The minimum atomic E-state index is -4.52. The molecule has 2 aromatic rings. The molecule has 5 rings (SSSR count). The number of rotatable bonds is 3. The number of urea groups is 1. The molecule has 4 heterocycles. The minimum absolute atomic E-state index is 0.0535. The molecule has 3 aliphatic heterocycles. The van der Waals surface area contributed by atoms with Gasteiger partial charge in [0, 0.05) is 57.5 Å². The molecule has 3 amide bonds. The average molecular weight is 493 g/mol. The van der Waals surface area contributed by atoms with Crippen molar-refractivity contribution in [3.63, 3.8) is 0 Å². The number of carbonyl (C=O) groups is 2. The summed E-state index contributed by atoms with van der Waals surface area (Å²) >= 11 is 0. The average Bonchev–Trinajstić information content (AvgIpc) is 3.38. The van der Waals surface area contributed by atoms with Crippen LogP contribution in [0.25, 0.3) is 5.69 Å². The second-order valence-electron chi connectivity index (χ2n) is 9.01. The third kappa shape index (κ3) is 5.21. The Kier molecular flexibility index (Phi) is 6.30. The van der Waals surface area contributed by atoms with E-state index in [1.54, 1.807) is 22.1 Å². The number of morpholine rings is 1. The maximum atomic E-state index is 13.4. The van der Waals surface area contributed by atoms with Crippen molar-refractivity contribution in [2.24, 2.45) is 0 Å². The third-order valence-electron chi connectivity index (χ3n) is 6.60. The first-order chi connectivity index (χ1) is 16.8. The number of hydrogen-bond acceptors (Lipinski definition) is 5. The van der Waals surface area contributed by atoms with Crippen molar-refractivity contribution in [2.45, 2.75) is 43.7 Å². The molecular formula is C23H26F3N5O4. The van der Waals surface area contributed by atoms with Gasteiger partial charge in [0.05, 0.1) is 23.4 Å². The quantitative estimate of drug-likeness (QED) is 0.710. The molecular weight excluding hydrogens is 467 g/mol. The number of carbonyl (C=O) groups excluding carboxylic acids is 2. The first kappa shape index (κ1) is 23.5. The number of amides is 3. The zero-order valence-corrected chi connectivity index (χ0v) is 18.9. The van der Waals surface area contributed by atoms with Crippen LogP contribution in [0.1, 0.15) is 24.8 Å². The number of halogens is 3. The van der Waals surface area contributed by atoms with Gasteiger partial charge in [0.2, 0.25) is 5.91 Å². The maximum absolute atomic E-state index is 13.4. The van der Waals surface area contributed by atoms with Crippen molar-refractivity contribution in [1.29, 1.82) is 0 Å². The van der Waals surface area contributed by atoms with Crippen LogP contribution in [0.5, 0.6) is 5.75 Å². The normalized spacial score (nSPS) is 23.6. The van der Waals surface area contributed by atoms with Gasteiger partial charge in [-0.05, 0) is 24.6 Å². The van der Waals surface area contributed by atoms with Crippen molar-refractivity contribution < 1.29 is 32.2 Å². The van der Waals surface area contributed by atoms with Gasteiger partial charge in [-0.25, -0.2) is 9.48 Å². The number of alkyl halides is 3. The van der Waals surface area contributed by atoms with Crippen LogP contribution in [-0.4, -0.2) is 82.6 Å². The molecule has 0 unspecified atom stereocenters. The molecule has 3 saturated heterocycles. The number of hydrogen-bond donors (Lipinski definition) is 1. The van der Waals surface area contributed by atoms with Gasteiger partial charge in [0.15, 0.2) is 0 Å². The van der Waals surface area contributed by atoms with Crippen molar-refractivity contribution in [2.75, 3.05) is 32.8 Å². The highest BCUT2D eigenvalue weighted by Crippen LogP contribution is 2.34. The predicted octanol–water partition coefficient (Wildman–Crippen LogP) is 2.44. The first-order valence-electron chi connectivity index (χ1n) is 11.6. The summed E-state index contributed by atoms with van der Waals surface area (Å²) in [5, 5.41) is 6.90. The fraction of sp³-hybridized carbons (Fsp3) is 0.522. The van der Waals surface area contributed by atoms with Gasteiger partial charge in [-0.2, -0.15) is 18.3 Å². The highest BCUT2D eigenvalue weighted by atomic mass is 19.4. The van der Waals surface area contributed by atoms with Gasteiger partial charge in [-0.15, -0.1) is 0 Å². The molecule has 1 N–H and O–H groups in total. The molecule has 9 nitrogen and oxygen atoms in total. The monoisotopic (exact) mass is 493 g/mol. The molecule has 3 aliphatic rings. The Hall–Kier alpha value is -3.28. The van der Waals surface area contributed by atoms with Gasteiger partial charge in [0.1, 0.15) is 18.5 Å². The molecule has 35 heavy (non-hydrogen) atoms. The summed E-state index contributed by atoms with van der Waals surface area (Å²) in [5.74, 6) is -0.0611. The number of aromatic nitrogens is 2. The summed E-state index contributed by atoms with van der Waals surface area (Å²) < 4.78 is 53.2. The lowest BCUT2D eigenvalue weighted by atomic mass is 10.0. The lowest BCUT2D eigenvalue weighted by molar-refractivity contribution is -0.140. The van der Waals surface area contributed by atoms with Gasteiger partial charge in [0.25, 0.3) is 0 Å². The second kappa shape index (κ2) is 9.40. The lowest BCUT2D eigenvalue weighted by Gasteiger charge is -2.43. The van der Waals surface area contributed by atoms with E-state index < -0.39 is 11.7 Å². The number of piperidine rings is 2. The zero-order chi connectivity index (χ0) is 24.6. The van der Waals surface area contributed by atoms with Gasteiger partial charge < -0.3 is 24.6 Å². The summed E-state index contributed by atoms with van der Waals surface area (Å²) in [4.78, 5) is 28.1. The Morgan fingerprint density at radius 2 is 1.89 bits per heavy atom. The molecule has 0 saturated carbocycles. The molecule has 12 heteroatoms. The van der Waals surface area contributed by atoms with Crippen LogP contribution in [0.4, 0.5) is 18.0 Å². The number of benzene rings is 1. The summed E-state index contributed by atoms with van der Waals surface area (Å²) in [5.41, 5.74) is -0.551. The van der Waals surface area contributed by atoms with Crippen LogP contribution in [0.3, 0.4) is 0 Å². The highest BCUT2D eigenvalue weighted by molar-refractivity contribution is 5.79. The molecule has 0 aliphatic carbocycles. The maximum Gasteiger partial charge on any atom is 0.416 e. The smallest absolute Gasteiger partial charge is 0.416 e. The first-order valence-corrected chi connectivity index (χ1v) is 11.6. The third-order valence-corrected chi connectivity index (χ3v) is 6.60. The standard InChI is InChI=1S/C23H26F3N5O4/c24-23(25,26)15-10-16(31-6-1-5-27-31)12-18(11-15)35-17-2-7-29(8-3-17)22(33)30-9-4-20-19(13-30)28-21(32)14-34-20/h1,5-6,10-12,17,19-20H,2-4,7-9,13-14H2,(H,28,32)/t19-,20+/m1/s1. The van der Waals surface area contributed by atoms with Gasteiger partial charge in [-0.3, -0.25) is 4.79 Å². The lowest BCUT2D eigenvalue weighted by Crippen LogP contribution is -2.62. The van der Waals surface area contributed by atoms with Crippen molar-refractivity contribution in [1.82, 2.24) is 24.9 Å². The van der Waals surface area contributed by atoms with E-state index in [2.05, 4.69) is 10.4 Å². The summed E-state index contributed by atoms with van der Waals surface area (Å²) in [7, 11) is 0. The van der Waals surface area contributed by atoms with E-state index in [-0.39, 0.29) is 48.2 Å². The minimum Gasteiger partial charge on any atom is -0.490 e. The van der Waals surface area contributed by atoms with Gasteiger partial charge >= 0.3 is 12.2 Å². The molecule has 0 spiro atoms. The van der Waals surface area contributed by atoms with Crippen molar-refractivity contribution in [3.05, 3.63) is 42.2 Å². The Morgan fingerprint density at radius 3 is 2.60 bits per heavy atom. The molecule has 188 valence electrons.